The van der Waals surface area contributed by atoms with Crippen molar-refractivity contribution in [1.29, 1.82) is 0 Å². The molecule has 0 bridgehead atoms. The maximum absolute atomic E-state index is 14.8. The van der Waals surface area contributed by atoms with Gasteiger partial charge in [0.05, 0.1) is 16.3 Å². The standard InChI is InChI=1S/C24H16ClFN2O3/c25-18-5-1-3-16(13-7-8-13)20(18)23(29)21-17-4-2-6-19(26)22(17)28(27-21)15-11-9-14(10-12-15)24(30)31/h1-6,9-13H,7-8H2,(H,30,31). The summed E-state index contributed by atoms with van der Waals surface area (Å²) in [6, 6.07) is 15.8. The number of hydrogen-bond acceptors (Lipinski definition) is 3. The molecule has 1 heterocycles. The molecule has 0 atom stereocenters. The number of rotatable bonds is 5. The van der Waals surface area contributed by atoms with Gasteiger partial charge in [-0.1, -0.05) is 35.9 Å². The van der Waals surface area contributed by atoms with E-state index in [2.05, 4.69) is 5.10 Å². The lowest BCUT2D eigenvalue weighted by molar-refractivity contribution is 0.0696. The van der Waals surface area contributed by atoms with Gasteiger partial charge in [-0.25, -0.2) is 13.9 Å². The van der Waals surface area contributed by atoms with Crippen LogP contribution in [0.1, 0.15) is 50.7 Å². The molecule has 154 valence electrons. The number of carbonyl (C=O) groups is 2. The number of hydrogen-bond donors (Lipinski definition) is 1. The summed E-state index contributed by atoms with van der Waals surface area (Å²) in [7, 11) is 0. The molecule has 0 amide bonds. The molecule has 0 unspecified atom stereocenters. The molecule has 0 spiro atoms. The second kappa shape index (κ2) is 7.32. The number of halogens is 2. The minimum absolute atomic E-state index is 0.0992. The number of fused-ring (bicyclic) bond motifs is 1. The maximum Gasteiger partial charge on any atom is 0.335 e. The number of aromatic nitrogens is 2. The minimum atomic E-state index is -1.06. The lowest BCUT2D eigenvalue weighted by Crippen LogP contribution is -2.08. The van der Waals surface area contributed by atoms with Crippen LogP contribution in [-0.4, -0.2) is 26.6 Å². The molecule has 0 radical (unpaired) electrons. The van der Waals surface area contributed by atoms with E-state index in [1.54, 1.807) is 12.1 Å². The van der Waals surface area contributed by atoms with Crippen molar-refractivity contribution in [3.63, 3.8) is 0 Å². The lowest BCUT2D eigenvalue weighted by atomic mass is 9.97. The van der Waals surface area contributed by atoms with Gasteiger partial charge in [-0.3, -0.25) is 4.79 Å². The van der Waals surface area contributed by atoms with Crippen LogP contribution in [0.15, 0.2) is 60.7 Å². The number of nitrogens with zero attached hydrogens (tertiary/aromatic N) is 2. The highest BCUT2D eigenvalue weighted by atomic mass is 35.5. The van der Waals surface area contributed by atoms with Gasteiger partial charge in [-0.2, -0.15) is 5.10 Å². The van der Waals surface area contributed by atoms with Crippen LogP contribution in [-0.2, 0) is 0 Å². The second-order valence-electron chi connectivity index (χ2n) is 7.56. The molecule has 1 fully saturated rings. The van der Waals surface area contributed by atoms with Crippen molar-refractivity contribution in [2.24, 2.45) is 0 Å². The van der Waals surface area contributed by atoms with E-state index in [4.69, 9.17) is 16.7 Å². The quantitative estimate of drug-likeness (QED) is 0.413. The van der Waals surface area contributed by atoms with Gasteiger partial charge >= 0.3 is 5.97 Å². The van der Waals surface area contributed by atoms with E-state index in [0.29, 0.717) is 27.6 Å². The third-order valence-corrected chi connectivity index (χ3v) is 5.83. The fourth-order valence-electron chi connectivity index (χ4n) is 3.86. The van der Waals surface area contributed by atoms with Crippen LogP contribution in [0.5, 0.6) is 0 Å². The van der Waals surface area contributed by atoms with Gasteiger partial charge in [0, 0.05) is 10.9 Å². The lowest BCUT2D eigenvalue weighted by Gasteiger charge is -2.09. The molecule has 1 N–H and O–H groups in total. The molecule has 5 rings (SSSR count). The number of para-hydroxylation sites is 1. The Morgan fingerprint density at radius 3 is 2.42 bits per heavy atom. The third kappa shape index (κ3) is 3.29. The molecule has 0 aliphatic heterocycles. The Labute approximate surface area is 181 Å². The van der Waals surface area contributed by atoms with Crippen molar-refractivity contribution in [2.75, 3.05) is 0 Å². The highest BCUT2D eigenvalue weighted by Crippen LogP contribution is 2.44. The van der Waals surface area contributed by atoms with Crippen molar-refractivity contribution in [2.45, 2.75) is 18.8 Å². The zero-order chi connectivity index (χ0) is 21.7. The Morgan fingerprint density at radius 2 is 1.74 bits per heavy atom. The zero-order valence-corrected chi connectivity index (χ0v) is 16.9. The fourth-order valence-corrected chi connectivity index (χ4v) is 4.13. The summed E-state index contributed by atoms with van der Waals surface area (Å²) >= 11 is 6.41. The number of benzene rings is 3. The first-order valence-electron chi connectivity index (χ1n) is 9.80. The molecule has 1 aliphatic carbocycles. The number of aromatic carboxylic acids is 1. The summed E-state index contributed by atoms with van der Waals surface area (Å²) in [5.41, 5.74) is 2.09. The van der Waals surface area contributed by atoms with Gasteiger partial charge < -0.3 is 5.11 Å². The van der Waals surface area contributed by atoms with Gasteiger partial charge in [0.1, 0.15) is 17.0 Å². The molecule has 1 aliphatic rings. The van der Waals surface area contributed by atoms with Gasteiger partial charge in [0.25, 0.3) is 0 Å². The van der Waals surface area contributed by atoms with E-state index < -0.39 is 11.8 Å². The van der Waals surface area contributed by atoms with Gasteiger partial charge in [-0.15, -0.1) is 0 Å². The number of carboxylic acid groups (broad SMARTS) is 1. The van der Waals surface area contributed by atoms with Crippen LogP contribution in [0.3, 0.4) is 0 Å². The topological polar surface area (TPSA) is 72.2 Å². The predicted molar refractivity (Wildman–Crippen MR) is 115 cm³/mol. The number of carbonyl (C=O) groups excluding carboxylic acids is 1. The Morgan fingerprint density at radius 1 is 1.03 bits per heavy atom. The van der Waals surface area contributed by atoms with E-state index >= 15 is 0 Å². The normalized spacial score (nSPS) is 13.5. The van der Waals surface area contributed by atoms with Crippen LogP contribution in [0.25, 0.3) is 16.6 Å². The van der Waals surface area contributed by atoms with Crippen LogP contribution in [0, 0.1) is 5.82 Å². The first kappa shape index (κ1) is 19.5. The zero-order valence-electron chi connectivity index (χ0n) is 16.2. The van der Waals surface area contributed by atoms with E-state index in [-0.39, 0.29) is 22.6 Å². The smallest absolute Gasteiger partial charge is 0.335 e. The van der Waals surface area contributed by atoms with Crippen LogP contribution in [0.4, 0.5) is 4.39 Å². The van der Waals surface area contributed by atoms with Gasteiger partial charge in [-0.05, 0) is 60.7 Å². The number of ketones is 1. The summed E-state index contributed by atoms with van der Waals surface area (Å²) in [5.74, 6) is -1.66. The van der Waals surface area contributed by atoms with Crippen molar-refractivity contribution in [3.05, 3.63) is 93.9 Å². The van der Waals surface area contributed by atoms with Gasteiger partial charge in [0.15, 0.2) is 0 Å². The number of carboxylic acids is 1. The highest BCUT2D eigenvalue weighted by Gasteiger charge is 2.31. The molecule has 31 heavy (non-hydrogen) atoms. The highest BCUT2D eigenvalue weighted by molar-refractivity contribution is 6.35. The molecule has 4 aromatic rings. The van der Waals surface area contributed by atoms with Gasteiger partial charge in [0.2, 0.25) is 5.78 Å². The molecule has 1 aromatic heterocycles. The summed E-state index contributed by atoms with van der Waals surface area (Å²) in [4.78, 5) is 24.7. The summed E-state index contributed by atoms with van der Waals surface area (Å²) in [6.07, 6.45) is 2.00. The van der Waals surface area contributed by atoms with E-state index in [1.165, 1.54) is 41.1 Å². The molecule has 3 aromatic carbocycles. The maximum atomic E-state index is 14.8. The van der Waals surface area contributed by atoms with E-state index in [1.807, 2.05) is 12.1 Å². The Balaban J connectivity index is 1.70. The van der Waals surface area contributed by atoms with Crippen molar-refractivity contribution in [3.8, 4) is 5.69 Å². The van der Waals surface area contributed by atoms with Crippen LogP contribution in [0.2, 0.25) is 5.02 Å². The molecule has 1 saturated carbocycles. The molecule has 0 saturated heterocycles. The Bertz CT molecular complexity index is 1360. The van der Waals surface area contributed by atoms with E-state index in [0.717, 1.165) is 18.4 Å². The average Bonchev–Trinajstić information content (AvgIpc) is 3.53. The summed E-state index contributed by atoms with van der Waals surface area (Å²) < 4.78 is 16.2. The average molecular weight is 435 g/mol. The first-order chi connectivity index (χ1) is 15.0. The Hall–Kier alpha value is -3.51. The SMILES string of the molecule is O=C(O)c1ccc(-n2nc(C(=O)c3c(Cl)cccc3C3CC3)c3cccc(F)c32)cc1. The predicted octanol–water partition coefficient (Wildman–Crippen LogP) is 5.62. The molecule has 5 nitrogen and oxygen atoms in total. The molecular formula is C24H16ClFN2O3. The van der Waals surface area contributed by atoms with Crippen molar-refractivity contribution in [1.82, 2.24) is 9.78 Å². The van der Waals surface area contributed by atoms with E-state index in [9.17, 15) is 14.0 Å². The first-order valence-corrected chi connectivity index (χ1v) is 10.2. The summed E-state index contributed by atoms with van der Waals surface area (Å²) in [5, 5.41) is 14.3. The van der Waals surface area contributed by atoms with Crippen molar-refractivity contribution < 1.29 is 19.1 Å². The Kier molecular flexibility index (Phi) is 4.59. The largest absolute Gasteiger partial charge is 0.478 e. The summed E-state index contributed by atoms with van der Waals surface area (Å²) in [6.45, 7) is 0. The molecule has 7 heteroatoms. The monoisotopic (exact) mass is 434 g/mol. The molecular weight excluding hydrogens is 419 g/mol. The third-order valence-electron chi connectivity index (χ3n) is 5.52. The van der Waals surface area contributed by atoms with Crippen molar-refractivity contribution >= 4 is 34.3 Å². The fraction of sp³-hybridized carbons (Fsp3) is 0.125. The van der Waals surface area contributed by atoms with Crippen LogP contribution >= 0.6 is 11.6 Å². The minimum Gasteiger partial charge on any atom is -0.478 e. The second-order valence-corrected chi connectivity index (χ2v) is 7.96. The van der Waals surface area contributed by atoms with Crippen LogP contribution < -0.4 is 0 Å².